The fraction of sp³-hybridized carbons (Fsp3) is 0.217. The molecule has 0 aliphatic carbocycles. The highest BCUT2D eigenvalue weighted by atomic mass is 35.5. The molecule has 0 saturated carbocycles. The lowest BCUT2D eigenvalue weighted by molar-refractivity contribution is 0.0945. The van der Waals surface area contributed by atoms with Gasteiger partial charge in [0.1, 0.15) is 12.1 Å². The molecule has 0 bridgehead atoms. The smallest absolute Gasteiger partial charge is 0.252 e. The van der Waals surface area contributed by atoms with Crippen LogP contribution in [0.1, 0.15) is 35.8 Å². The summed E-state index contributed by atoms with van der Waals surface area (Å²) in [6.07, 6.45) is 1.54. The predicted octanol–water partition coefficient (Wildman–Crippen LogP) is 5.20. The van der Waals surface area contributed by atoms with Gasteiger partial charge in [0.2, 0.25) is 17.6 Å². The molecule has 2 aromatic heterocycles. The van der Waals surface area contributed by atoms with Crippen LogP contribution in [0.2, 0.25) is 5.02 Å². The van der Waals surface area contributed by atoms with Crippen molar-refractivity contribution in [1.29, 1.82) is 0 Å². The number of oxazole rings is 1. The molecule has 0 unspecified atom stereocenters. The predicted molar refractivity (Wildman–Crippen MR) is 117 cm³/mol. The minimum Gasteiger partial charge on any atom is -0.444 e. The summed E-state index contributed by atoms with van der Waals surface area (Å²) in [5.74, 6) is 0.513. The van der Waals surface area contributed by atoms with Crippen molar-refractivity contribution < 1.29 is 18.1 Å². The number of hydrogen-bond acceptors (Lipinski definition) is 6. The van der Waals surface area contributed by atoms with Gasteiger partial charge in [0.15, 0.2) is 0 Å². The standard InChI is InChI=1S/C23H20ClFN4O3/c1-13-27-20(29-32-13)15-6-9-18(24)17(10-15)21(30)26-12-23(2,3)19-11-31-22(28-19)14-4-7-16(25)8-5-14/h4-11H,12H2,1-3H3,(H,26,30). The minimum absolute atomic E-state index is 0.281. The van der Waals surface area contributed by atoms with Crippen LogP contribution in [0.15, 0.2) is 57.7 Å². The first-order valence-electron chi connectivity index (χ1n) is 9.83. The summed E-state index contributed by atoms with van der Waals surface area (Å²) < 4.78 is 23.7. The Morgan fingerprint density at radius 1 is 1.12 bits per heavy atom. The molecule has 32 heavy (non-hydrogen) atoms. The maximum absolute atomic E-state index is 13.2. The number of carbonyl (C=O) groups is 1. The fourth-order valence-electron chi connectivity index (χ4n) is 3.05. The van der Waals surface area contributed by atoms with E-state index >= 15 is 0 Å². The Hall–Kier alpha value is -3.52. The van der Waals surface area contributed by atoms with Crippen molar-refractivity contribution >= 4 is 17.5 Å². The Balaban J connectivity index is 1.48. The zero-order chi connectivity index (χ0) is 22.9. The molecule has 0 fully saturated rings. The highest BCUT2D eigenvalue weighted by Gasteiger charge is 2.26. The number of amides is 1. The molecule has 2 heterocycles. The Morgan fingerprint density at radius 2 is 1.84 bits per heavy atom. The van der Waals surface area contributed by atoms with Gasteiger partial charge >= 0.3 is 0 Å². The zero-order valence-electron chi connectivity index (χ0n) is 17.6. The van der Waals surface area contributed by atoms with Crippen LogP contribution >= 0.6 is 11.6 Å². The second-order valence-corrected chi connectivity index (χ2v) is 8.35. The van der Waals surface area contributed by atoms with Crippen LogP contribution < -0.4 is 5.32 Å². The van der Waals surface area contributed by atoms with E-state index in [0.717, 1.165) is 0 Å². The SMILES string of the molecule is Cc1nc(-c2ccc(Cl)c(C(=O)NCC(C)(C)c3coc(-c4ccc(F)cc4)n3)c2)no1. The second-order valence-electron chi connectivity index (χ2n) is 7.94. The fourth-order valence-corrected chi connectivity index (χ4v) is 3.25. The largest absolute Gasteiger partial charge is 0.444 e. The van der Waals surface area contributed by atoms with E-state index in [1.807, 2.05) is 13.8 Å². The third kappa shape index (κ3) is 4.55. The van der Waals surface area contributed by atoms with Gasteiger partial charge in [-0.05, 0) is 42.5 Å². The van der Waals surface area contributed by atoms with Gasteiger partial charge in [0.05, 0.1) is 16.3 Å². The van der Waals surface area contributed by atoms with E-state index in [0.29, 0.717) is 45.0 Å². The van der Waals surface area contributed by atoms with Gasteiger partial charge in [-0.1, -0.05) is 30.6 Å². The van der Waals surface area contributed by atoms with E-state index in [1.165, 1.54) is 18.4 Å². The van der Waals surface area contributed by atoms with Gasteiger partial charge in [-0.2, -0.15) is 4.98 Å². The molecule has 4 rings (SSSR count). The van der Waals surface area contributed by atoms with Gasteiger partial charge in [0.25, 0.3) is 5.91 Å². The molecule has 0 spiro atoms. The Labute approximate surface area is 188 Å². The molecule has 0 aliphatic heterocycles. The van der Waals surface area contributed by atoms with Crippen molar-refractivity contribution in [3.63, 3.8) is 0 Å². The van der Waals surface area contributed by atoms with E-state index in [4.69, 9.17) is 20.5 Å². The van der Waals surface area contributed by atoms with Crippen LogP contribution in [0.25, 0.3) is 22.8 Å². The van der Waals surface area contributed by atoms with Crippen molar-refractivity contribution in [2.75, 3.05) is 6.54 Å². The molecule has 1 amide bonds. The van der Waals surface area contributed by atoms with Crippen molar-refractivity contribution in [3.05, 3.63) is 76.7 Å². The summed E-state index contributed by atoms with van der Waals surface area (Å²) in [5.41, 5.74) is 1.70. The summed E-state index contributed by atoms with van der Waals surface area (Å²) in [4.78, 5) is 21.5. The number of nitrogens with zero attached hydrogens (tertiary/aromatic N) is 3. The molecule has 0 saturated heterocycles. The van der Waals surface area contributed by atoms with Crippen LogP contribution in [0, 0.1) is 12.7 Å². The van der Waals surface area contributed by atoms with Crippen molar-refractivity contribution in [1.82, 2.24) is 20.4 Å². The van der Waals surface area contributed by atoms with Gasteiger partial charge in [-0.25, -0.2) is 9.37 Å². The van der Waals surface area contributed by atoms with Crippen molar-refractivity contribution in [3.8, 4) is 22.8 Å². The van der Waals surface area contributed by atoms with Crippen molar-refractivity contribution in [2.24, 2.45) is 0 Å². The number of benzene rings is 2. The van der Waals surface area contributed by atoms with Crippen LogP contribution in [-0.2, 0) is 5.41 Å². The second kappa shape index (κ2) is 8.55. The summed E-state index contributed by atoms with van der Waals surface area (Å²) in [6, 6.07) is 10.9. The number of halogens is 2. The molecular weight excluding hydrogens is 435 g/mol. The lowest BCUT2D eigenvalue weighted by Crippen LogP contribution is -2.37. The van der Waals surface area contributed by atoms with Gasteiger partial charge in [-0.3, -0.25) is 4.79 Å². The Bertz CT molecular complexity index is 1260. The molecule has 9 heteroatoms. The maximum atomic E-state index is 13.2. The molecule has 7 nitrogen and oxygen atoms in total. The average molecular weight is 455 g/mol. The third-order valence-electron chi connectivity index (χ3n) is 4.98. The maximum Gasteiger partial charge on any atom is 0.252 e. The number of hydrogen-bond donors (Lipinski definition) is 1. The molecule has 0 atom stereocenters. The Kier molecular flexibility index (Phi) is 5.80. The van der Waals surface area contributed by atoms with Crippen LogP contribution in [0.5, 0.6) is 0 Å². The molecule has 4 aromatic rings. The normalized spacial score (nSPS) is 11.5. The molecule has 164 valence electrons. The number of nitrogens with one attached hydrogen (secondary N) is 1. The lowest BCUT2D eigenvalue weighted by Gasteiger charge is -2.22. The van der Waals surface area contributed by atoms with Crippen LogP contribution in [0.3, 0.4) is 0 Å². The summed E-state index contributed by atoms with van der Waals surface area (Å²) in [7, 11) is 0. The molecule has 0 radical (unpaired) electrons. The Morgan fingerprint density at radius 3 is 2.53 bits per heavy atom. The van der Waals surface area contributed by atoms with Gasteiger partial charge in [0, 0.05) is 30.0 Å². The number of carbonyl (C=O) groups excluding carboxylic acids is 1. The highest BCUT2D eigenvalue weighted by molar-refractivity contribution is 6.34. The third-order valence-corrected chi connectivity index (χ3v) is 5.31. The van der Waals surface area contributed by atoms with Gasteiger partial charge < -0.3 is 14.3 Å². The molecule has 2 aromatic carbocycles. The lowest BCUT2D eigenvalue weighted by atomic mass is 9.90. The van der Waals surface area contributed by atoms with Crippen LogP contribution in [-0.4, -0.2) is 27.6 Å². The molecule has 0 aliphatic rings. The summed E-state index contributed by atoms with van der Waals surface area (Å²) in [5, 5.41) is 7.08. The first-order valence-corrected chi connectivity index (χ1v) is 10.2. The summed E-state index contributed by atoms with van der Waals surface area (Å²) in [6.45, 7) is 5.83. The van der Waals surface area contributed by atoms with Crippen LogP contribution in [0.4, 0.5) is 4.39 Å². The van der Waals surface area contributed by atoms with E-state index in [9.17, 15) is 9.18 Å². The quantitative estimate of drug-likeness (QED) is 0.430. The van der Waals surface area contributed by atoms with Gasteiger partial charge in [-0.15, -0.1) is 0 Å². The summed E-state index contributed by atoms with van der Waals surface area (Å²) >= 11 is 6.25. The van der Waals surface area contributed by atoms with Crippen molar-refractivity contribution in [2.45, 2.75) is 26.2 Å². The van der Waals surface area contributed by atoms with E-state index in [1.54, 1.807) is 37.3 Å². The zero-order valence-corrected chi connectivity index (χ0v) is 18.4. The molecule has 1 N–H and O–H groups in total. The average Bonchev–Trinajstić information content (AvgIpc) is 3.43. The first kappa shape index (κ1) is 21.7. The number of aryl methyl sites for hydroxylation is 1. The van der Waals surface area contributed by atoms with E-state index in [-0.39, 0.29) is 18.3 Å². The number of aromatic nitrogens is 3. The topological polar surface area (TPSA) is 94.1 Å². The van der Waals surface area contributed by atoms with E-state index in [2.05, 4.69) is 20.4 Å². The minimum atomic E-state index is -0.535. The molecular formula is C23H20ClFN4O3. The van der Waals surface area contributed by atoms with E-state index < -0.39 is 5.41 Å². The number of rotatable bonds is 6. The first-order chi connectivity index (χ1) is 15.2. The highest BCUT2D eigenvalue weighted by Crippen LogP contribution is 2.27. The monoisotopic (exact) mass is 454 g/mol.